The molecule has 8 nitrogen and oxygen atoms in total. The third-order valence-corrected chi connectivity index (χ3v) is 3.10. The van der Waals surface area contributed by atoms with Crippen LogP contribution in [0.15, 0.2) is 6.20 Å². The van der Waals surface area contributed by atoms with Gasteiger partial charge in [-0.25, -0.2) is 4.79 Å². The summed E-state index contributed by atoms with van der Waals surface area (Å²) < 4.78 is 6.21. The molecule has 2 N–H and O–H groups in total. The number of methoxy groups -OCH3 is 1. The van der Waals surface area contributed by atoms with Crippen LogP contribution in [0.1, 0.15) is 23.3 Å². The summed E-state index contributed by atoms with van der Waals surface area (Å²) in [6.07, 6.45) is 2.94. The molecule has 0 aromatic carbocycles. The molecule has 1 aromatic heterocycles. The molecule has 1 aromatic rings. The second-order valence-electron chi connectivity index (χ2n) is 4.34. The van der Waals surface area contributed by atoms with Crippen LogP contribution in [0.4, 0.5) is 0 Å². The highest BCUT2D eigenvalue weighted by Crippen LogP contribution is 2.20. The Morgan fingerprint density at radius 1 is 1.58 bits per heavy atom. The monoisotopic (exact) mass is 267 g/mol. The highest BCUT2D eigenvalue weighted by Gasteiger charge is 2.36. The maximum atomic E-state index is 12.3. The van der Waals surface area contributed by atoms with Gasteiger partial charge in [0, 0.05) is 13.1 Å². The molecule has 1 saturated heterocycles. The van der Waals surface area contributed by atoms with Crippen molar-refractivity contribution in [2.45, 2.75) is 25.4 Å². The molecule has 0 radical (unpaired) electrons. The zero-order valence-electron chi connectivity index (χ0n) is 10.8. The molecule has 1 fully saturated rings. The van der Waals surface area contributed by atoms with E-state index in [0.717, 1.165) is 6.42 Å². The van der Waals surface area contributed by atoms with Crippen molar-refractivity contribution in [3.8, 4) is 0 Å². The van der Waals surface area contributed by atoms with Gasteiger partial charge in [0.2, 0.25) is 0 Å². The van der Waals surface area contributed by atoms with Gasteiger partial charge >= 0.3 is 5.97 Å². The minimum absolute atomic E-state index is 0.226. The molecule has 2 rings (SSSR count). The zero-order valence-corrected chi connectivity index (χ0v) is 10.8. The van der Waals surface area contributed by atoms with Crippen molar-refractivity contribution in [1.29, 1.82) is 0 Å². The molecule has 1 aliphatic rings. The maximum absolute atomic E-state index is 12.3. The van der Waals surface area contributed by atoms with Crippen molar-refractivity contribution in [2.75, 3.05) is 20.2 Å². The molecule has 1 unspecified atom stereocenters. The number of hydrogen-bond acceptors (Lipinski definition) is 6. The van der Waals surface area contributed by atoms with E-state index in [2.05, 4.69) is 10.3 Å². The SMILES string of the molecule is COC(=O)C1CCCN1C(=O)c1cn(CCN)nn1. The first-order valence-electron chi connectivity index (χ1n) is 6.16. The Hall–Kier alpha value is -1.96. The third-order valence-electron chi connectivity index (χ3n) is 3.10. The Balaban J connectivity index is 2.11. The van der Waals surface area contributed by atoms with Crippen molar-refractivity contribution in [3.05, 3.63) is 11.9 Å². The van der Waals surface area contributed by atoms with Crippen LogP contribution in [0, 0.1) is 0 Å². The molecular formula is C11H17N5O3. The predicted octanol–water partition coefficient (Wildman–Crippen LogP) is -0.986. The number of carbonyl (C=O) groups excluding carboxylic acids is 2. The number of rotatable bonds is 4. The van der Waals surface area contributed by atoms with E-state index in [9.17, 15) is 9.59 Å². The lowest BCUT2D eigenvalue weighted by molar-refractivity contribution is -0.145. The van der Waals surface area contributed by atoms with Gasteiger partial charge in [-0.1, -0.05) is 5.21 Å². The van der Waals surface area contributed by atoms with Gasteiger partial charge in [-0.05, 0) is 12.8 Å². The highest BCUT2D eigenvalue weighted by atomic mass is 16.5. The van der Waals surface area contributed by atoms with Crippen molar-refractivity contribution in [3.63, 3.8) is 0 Å². The fraction of sp³-hybridized carbons (Fsp3) is 0.636. The van der Waals surface area contributed by atoms with Gasteiger partial charge in [0.25, 0.3) is 5.91 Å². The molecule has 0 aliphatic carbocycles. The predicted molar refractivity (Wildman–Crippen MR) is 65.2 cm³/mol. The van der Waals surface area contributed by atoms with Gasteiger partial charge < -0.3 is 15.4 Å². The zero-order chi connectivity index (χ0) is 13.8. The van der Waals surface area contributed by atoms with E-state index in [0.29, 0.717) is 26.1 Å². The molecule has 0 bridgehead atoms. The molecule has 1 aliphatic heterocycles. The number of amides is 1. The minimum Gasteiger partial charge on any atom is -0.467 e. The third kappa shape index (κ3) is 2.73. The van der Waals surface area contributed by atoms with Crippen LogP contribution < -0.4 is 5.73 Å². The smallest absolute Gasteiger partial charge is 0.328 e. The van der Waals surface area contributed by atoms with Crippen LogP contribution in [-0.4, -0.2) is 58.0 Å². The van der Waals surface area contributed by atoms with E-state index < -0.39 is 6.04 Å². The summed E-state index contributed by atoms with van der Waals surface area (Å²) in [5, 5.41) is 7.62. The van der Waals surface area contributed by atoms with Crippen molar-refractivity contribution in [2.24, 2.45) is 5.73 Å². The van der Waals surface area contributed by atoms with Gasteiger partial charge in [-0.2, -0.15) is 0 Å². The number of esters is 1. The van der Waals surface area contributed by atoms with Crippen LogP contribution in [0.5, 0.6) is 0 Å². The summed E-state index contributed by atoms with van der Waals surface area (Å²) in [5.41, 5.74) is 5.63. The second-order valence-corrected chi connectivity index (χ2v) is 4.34. The maximum Gasteiger partial charge on any atom is 0.328 e. The lowest BCUT2D eigenvalue weighted by Gasteiger charge is -2.21. The highest BCUT2D eigenvalue weighted by molar-refractivity contribution is 5.95. The summed E-state index contributed by atoms with van der Waals surface area (Å²) in [4.78, 5) is 25.3. The summed E-state index contributed by atoms with van der Waals surface area (Å²) in [6, 6.07) is -0.517. The normalized spacial score (nSPS) is 18.6. The molecule has 2 heterocycles. The van der Waals surface area contributed by atoms with Gasteiger partial charge in [-0.15, -0.1) is 5.10 Å². The molecule has 0 saturated carbocycles. The fourth-order valence-electron chi connectivity index (χ4n) is 2.18. The Labute approximate surface area is 110 Å². The minimum atomic E-state index is -0.517. The van der Waals surface area contributed by atoms with Crippen molar-refractivity contribution < 1.29 is 14.3 Å². The Kier molecular flexibility index (Phi) is 4.10. The van der Waals surface area contributed by atoms with E-state index >= 15 is 0 Å². The number of nitrogens with two attached hydrogens (primary N) is 1. The molecule has 8 heteroatoms. The van der Waals surface area contributed by atoms with E-state index in [1.807, 2.05) is 0 Å². The number of aromatic nitrogens is 3. The lowest BCUT2D eigenvalue weighted by atomic mass is 10.2. The van der Waals surface area contributed by atoms with E-state index in [1.165, 1.54) is 16.7 Å². The number of carbonyl (C=O) groups is 2. The first-order chi connectivity index (χ1) is 9.17. The molecule has 104 valence electrons. The summed E-state index contributed by atoms with van der Waals surface area (Å²) in [6.45, 7) is 1.45. The van der Waals surface area contributed by atoms with E-state index in [4.69, 9.17) is 10.5 Å². The van der Waals surface area contributed by atoms with Gasteiger partial charge in [0.15, 0.2) is 5.69 Å². The summed E-state index contributed by atoms with van der Waals surface area (Å²) in [7, 11) is 1.32. The van der Waals surface area contributed by atoms with E-state index in [1.54, 1.807) is 6.20 Å². The van der Waals surface area contributed by atoms with Crippen LogP contribution >= 0.6 is 0 Å². The topological polar surface area (TPSA) is 103 Å². The Morgan fingerprint density at radius 2 is 2.37 bits per heavy atom. The first-order valence-corrected chi connectivity index (χ1v) is 6.16. The molecule has 0 spiro atoms. The first kappa shape index (κ1) is 13.5. The largest absolute Gasteiger partial charge is 0.467 e. The van der Waals surface area contributed by atoms with Crippen LogP contribution in [0.2, 0.25) is 0 Å². The molecule has 1 amide bonds. The summed E-state index contributed by atoms with van der Waals surface area (Å²) >= 11 is 0. The van der Waals surface area contributed by atoms with Gasteiger partial charge in [0.05, 0.1) is 19.9 Å². The Morgan fingerprint density at radius 3 is 3.05 bits per heavy atom. The van der Waals surface area contributed by atoms with Crippen molar-refractivity contribution in [1.82, 2.24) is 19.9 Å². The van der Waals surface area contributed by atoms with Gasteiger partial charge in [0.1, 0.15) is 6.04 Å². The van der Waals surface area contributed by atoms with Crippen LogP contribution in [-0.2, 0) is 16.1 Å². The summed E-state index contributed by atoms with van der Waals surface area (Å²) in [5.74, 6) is -0.684. The Bertz CT molecular complexity index is 473. The van der Waals surface area contributed by atoms with Gasteiger partial charge in [-0.3, -0.25) is 9.48 Å². The van der Waals surface area contributed by atoms with Crippen LogP contribution in [0.3, 0.4) is 0 Å². The van der Waals surface area contributed by atoms with Crippen LogP contribution in [0.25, 0.3) is 0 Å². The number of ether oxygens (including phenoxy) is 1. The second kappa shape index (κ2) is 5.79. The number of likely N-dealkylation sites (tertiary alicyclic amines) is 1. The fourth-order valence-corrected chi connectivity index (χ4v) is 2.18. The number of nitrogens with zero attached hydrogens (tertiary/aromatic N) is 4. The molecular weight excluding hydrogens is 250 g/mol. The molecule has 1 atom stereocenters. The van der Waals surface area contributed by atoms with E-state index in [-0.39, 0.29) is 17.6 Å². The van der Waals surface area contributed by atoms with Crippen molar-refractivity contribution >= 4 is 11.9 Å². The quantitative estimate of drug-likeness (QED) is 0.703. The lowest BCUT2D eigenvalue weighted by Crippen LogP contribution is -2.41. The standard InChI is InChI=1S/C11H17N5O3/c1-19-11(18)9-3-2-5-16(9)10(17)8-7-15(6-4-12)14-13-8/h7,9H,2-6,12H2,1H3. The average Bonchev–Trinajstić information content (AvgIpc) is 3.06. The number of hydrogen-bond donors (Lipinski definition) is 1. The molecule has 19 heavy (non-hydrogen) atoms. The average molecular weight is 267 g/mol.